The molecular weight excluding hydrogens is 258 g/mol. The third-order valence-electron chi connectivity index (χ3n) is 3.39. The molecule has 0 aromatic carbocycles. The molecule has 5 nitrogen and oxygen atoms in total. The molecule has 0 unspecified atom stereocenters. The van der Waals surface area contributed by atoms with E-state index in [9.17, 15) is 0 Å². The van der Waals surface area contributed by atoms with E-state index < -0.39 is 0 Å². The summed E-state index contributed by atoms with van der Waals surface area (Å²) in [7, 11) is 0. The van der Waals surface area contributed by atoms with Crippen molar-refractivity contribution < 1.29 is 0 Å². The number of fused-ring (bicyclic) bond motifs is 1. The van der Waals surface area contributed by atoms with Crippen LogP contribution in [0.5, 0.6) is 0 Å². The molecule has 0 spiro atoms. The van der Waals surface area contributed by atoms with Crippen LogP contribution in [-0.4, -0.2) is 49.9 Å². The summed E-state index contributed by atoms with van der Waals surface area (Å²) in [6.07, 6.45) is 1.57. The van der Waals surface area contributed by atoms with Crippen molar-refractivity contribution in [3.63, 3.8) is 0 Å². The lowest BCUT2D eigenvalue weighted by molar-refractivity contribution is 0.324. The van der Waals surface area contributed by atoms with Crippen molar-refractivity contribution >= 4 is 17.5 Å². The van der Waals surface area contributed by atoms with Crippen LogP contribution in [0.3, 0.4) is 0 Å². The second kappa shape index (κ2) is 6.34. The van der Waals surface area contributed by atoms with Gasteiger partial charge in [-0.3, -0.25) is 0 Å². The number of aromatic nitrogens is 4. The van der Waals surface area contributed by atoms with Crippen LogP contribution in [-0.2, 0) is 0 Å². The van der Waals surface area contributed by atoms with Gasteiger partial charge in [0.15, 0.2) is 0 Å². The van der Waals surface area contributed by atoms with E-state index in [0.29, 0.717) is 5.78 Å². The molecule has 0 aliphatic rings. The molecule has 0 fully saturated rings. The fourth-order valence-corrected chi connectivity index (χ4v) is 3.14. The van der Waals surface area contributed by atoms with E-state index >= 15 is 0 Å². The zero-order valence-electron chi connectivity index (χ0n) is 12.1. The minimum atomic E-state index is 0.688. The van der Waals surface area contributed by atoms with Crippen molar-refractivity contribution in [1.82, 2.24) is 24.5 Å². The van der Waals surface area contributed by atoms with Crippen LogP contribution in [0.1, 0.15) is 25.1 Å². The maximum Gasteiger partial charge on any atom is 0.253 e. The van der Waals surface area contributed by atoms with Crippen molar-refractivity contribution in [2.75, 3.05) is 25.4 Å². The van der Waals surface area contributed by atoms with Gasteiger partial charge in [-0.1, -0.05) is 13.8 Å². The van der Waals surface area contributed by atoms with Crippen molar-refractivity contribution in [2.24, 2.45) is 0 Å². The van der Waals surface area contributed by atoms with Crippen molar-refractivity contribution in [3.8, 4) is 0 Å². The Bertz CT molecular complexity index is 547. The van der Waals surface area contributed by atoms with E-state index in [2.05, 4.69) is 40.7 Å². The van der Waals surface area contributed by atoms with Gasteiger partial charge in [0.2, 0.25) is 0 Å². The highest BCUT2D eigenvalue weighted by Gasteiger charge is 2.11. The molecule has 0 amide bonds. The molecule has 0 atom stereocenters. The first-order chi connectivity index (χ1) is 9.17. The third-order valence-corrected chi connectivity index (χ3v) is 4.53. The molecule has 2 aromatic heterocycles. The van der Waals surface area contributed by atoms with E-state index in [-0.39, 0.29) is 0 Å². The van der Waals surface area contributed by atoms with E-state index in [1.54, 1.807) is 6.33 Å². The smallest absolute Gasteiger partial charge is 0.253 e. The molecular formula is C13H21N5S. The summed E-state index contributed by atoms with van der Waals surface area (Å²) >= 11 is 1.83. The van der Waals surface area contributed by atoms with Crippen LogP contribution in [0.4, 0.5) is 0 Å². The van der Waals surface area contributed by atoms with Gasteiger partial charge >= 0.3 is 0 Å². The Morgan fingerprint density at radius 2 is 2.00 bits per heavy atom. The van der Waals surface area contributed by atoms with Crippen molar-refractivity contribution in [3.05, 3.63) is 17.6 Å². The van der Waals surface area contributed by atoms with Crippen LogP contribution in [0.25, 0.3) is 5.78 Å². The molecule has 2 rings (SSSR count). The third kappa shape index (κ3) is 3.06. The van der Waals surface area contributed by atoms with Gasteiger partial charge in [-0.15, -0.1) is 11.8 Å². The minimum absolute atomic E-state index is 0.688. The Labute approximate surface area is 118 Å². The van der Waals surface area contributed by atoms with Crippen LogP contribution in [0.2, 0.25) is 0 Å². The fourth-order valence-electron chi connectivity index (χ4n) is 1.98. The predicted octanol–water partition coefficient (Wildman–Crippen LogP) is 2.18. The fraction of sp³-hybridized carbons (Fsp3) is 0.615. The van der Waals surface area contributed by atoms with E-state index in [4.69, 9.17) is 0 Å². The molecule has 2 heterocycles. The van der Waals surface area contributed by atoms with Gasteiger partial charge in [-0.25, -0.2) is 4.98 Å². The van der Waals surface area contributed by atoms with Gasteiger partial charge < -0.3 is 4.90 Å². The van der Waals surface area contributed by atoms with E-state index in [1.807, 2.05) is 23.2 Å². The number of thioether (sulfide) groups is 1. The van der Waals surface area contributed by atoms with Gasteiger partial charge in [0.05, 0.1) is 0 Å². The Morgan fingerprint density at radius 1 is 1.26 bits per heavy atom. The molecule has 19 heavy (non-hydrogen) atoms. The summed E-state index contributed by atoms with van der Waals surface area (Å²) in [5.74, 6) is 1.74. The Morgan fingerprint density at radius 3 is 2.68 bits per heavy atom. The molecule has 0 aliphatic carbocycles. The summed E-state index contributed by atoms with van der Waals surface area (Å²) < 4.78 is 1.84. The first-order valence-electron chi connectivity index (χ1n) is 6.69. The maximum atomic E-state index is 4.44. The maximum absolute atomic E-state index is 4.44. The minimum Gasteiger partial charge on any atom is -0.303 e. The molecule has 104 valence electrons. The number of rotatable bonds is 6. The van der Waals surface area contributed by atoms with Crippen LogP contribution >= 0.6 is 11.8 Å². The monoisotopic (exact) mass is 279 g/mol. The summed E-state index contributed by atoms with van der Waals surface area (Å²) in [5, 5.41) is 5.43. The largest absolute Gasteiger partial charge is 0.303 e. The van der Waals surface area contributed by atoms with Gasteiger partial charge in [-0.05, 0) is 26.9 Å². The molecule has 6 heteroatoms. The molecule has 0 aliphatic heterocycles. The lowest BCUT2D eigenvalue weighted by Gasteiger charge is -2.18. The Hall–Kier alpha value is -1.14. The second-order valence-corrected chi connectivity index (χ2v) is 5.56. The number of aryl methyl sites for hydroxylation is 1. The predicted molar refractivity (Wildman–Crippen MR) is 78.8 cm³/mol. The van der Waals surface area contributed by atoms with Crippen LogP contribution < -0.4 is 0 Å². The van der Waals surface area contributed by atoms with Crippen molar-refractivity contribution in [1.29, 1.82) is 0 Å². The van der Waals surface area contributed by atoms with Gasteiger partial charge in [0, 0.05) is 23.6 Å². The summed E-state index contributed by atoms with van der Waals surface area (Å²) in [5.41, 5.74) is 2.23. The summed E-state index contributed by atoms with van der Waals surface area (Å²) in [6, 6.07) is 0. The SMILES string of the molecule is CCN(CC)CCSc1c(C)c(C)nc2ncnn12. The van der Waals surface area contributed by atoms with E-state index in [1.165, 1.54) is 5.56 Å². The lowest BCUT2D eigenvalue weighted by Crippen LogP contribution is -2.25. The van der Waals surface area contributed by atoms with Gasteiger partial charge in [0.25, 0.3) is 5.78 Å². The standard InChI is InChI=1S/C13H21N5S/c1-5-17(6-2)7-8-19-12-10(3)11(4)16-13-14-9-15-18(12)13/h9H,5-8H2,1-4H3. The van der Waals surface area contributed by atoms with Gasteiger partial charge in [-0.2, -0.15) is 14.6 Å². The van der Waals surface area contributed by atoms with Gasteiger partial charge in [0.1, 0.15) is 11.4 Å². The zero-order valence-corrected chi connectivity index (χ0v) is 12.9. The lowest BCUT2D eigenvalue weighted by atomic mass is 10.3. The van der Waals surface area contributed by atoms with Crippen LogP contribution in [0, 0.1) is 13.8 Å². The van der Waals surface area contributed by atoms with Crippen molar-refractivity contribution in [2.45, 2.75) is 32.7 Å². The zero-order chi connectivity index (χ0) is 13.8. The average Bonchev–Trinajstić information content (AvgIpc) is 2.86. The average molecular weight is 279 g/mol. The summed E-state index contributed by atoms with van der Waals surface area (Å²) in [6.45, 7) is 11.8. The topological polar surface area (TPSA) is 46.3 Å². The highest BCUT2D eigenvalue weighted by atomic mass is 32.2. The highest BCUT2D eigenvalue weighted by Crippen LogP contribution is 2.23. The Kier molecular flexibility index (Phi) is 4.76. The molecule has 2 aromatic rings. The highest BCUT2D eigenvalue weighted by molar-refractivity contribution is 7.99. The Balaban J connectivity index is 2.15. The number of hydrogen-bond acceptors (Lipinski definition) is 5. The number of hydrogen-bond donors (Lipinski definition) is 0. The van der Waals surface area contributed by atoms with E-state index in [0.717, 1.165) is 36.1 Å². The molecule has 0 bridgehead atoms. The molecule has 0 N–H and O–H groups in total. The summed E-state index contributed by atoms with van der Waals surface area (Å²) in [4.78, 5) is 11.0. The van der Waals surface area contributed by atoms with Crippen LogP contribution in [0.15, 0.2) is 11.4 Å². The quantitative estimate of drug-likeness (QED) is 0.599. The molecule has 0 saturated carbocycles. The first kappa shape index (κ1) is 14.3. The molecule has 0 saturated heterocycles. The number of nitrogens with zero attached hydrogens (tertiary/aromatic N) is 5. The second-order valence-electron chi connectivity index (χ2n) is 4.47. The molecule has 0 radical (unpaired) electrons. The first-order valence-corrected chi connectivity index (χ1v) is 7.68. The normalized spacial score (nSPS) is 11.6.